The minimum atomic E-state index is -0.342. The Labute approximate surface area is 108 Å². The Morgan fingerprint density at radius 3 is 2.69 bits per heavy atom. The lowest BCUT2D eigenvalue weighted by atomic mass is 10.0. The van der Waals surface area contributed by atoms with E-state index in [1.165, 1.54) is 7.11 Å². The lowest BCUT2D eigenvalue weighted by Gasteiger charge is -2.08. The van der Waals surface area contributed by atoms with Crippen molar-refractivity contribution >= 4 is 34.5 Å². The average molecular weight is 300 g/mol. The number of nitriles is 1. The molecule has 0 saturated heterocycles. The van der Waals surface area contributed by atoms with Crippen molar-refractivity contribution in [1.29, 1.82) is 5.26 Å². The third kappa shape index (κ3) is 2.77. The SMILES string of the molecule is COC(=O)Cc1ccc(CBr)c(C#N)c1S. The first-order valence-corrected chi connectivity index (χ1v) is 6.07. The largest absolute Gasteiger partial charge is 0.469 e. The Hall–Kier alpha value is -0.990. The maximum atomic E-state index is 11.1. The Morgan fingerprint density at radius 1 is 1.56 bits per heavy atom. The number of rotatable bonds is 3. The summed E-state index contributed by atoms with van der Waals surface area (Å²) in [5, 5.41) is 9.60. The quantitative estimate of drug-likeness (QED) is 0.530. The van der Waals surface area contributed by atoms with Crippen LogP contribution < -0.4 is 0 Å². The second kappa shape index (κ2) is 5.92. The lowest BCUT2D eigenvalue weighted by Crippen LogP contribution is -2.06. The molecule has 0 radical (unpaired) electrons. The highest BCUT2D eigenvalue weighted by Crippen LogP contribution is 2.24. The molecule has 0 atom stereocenters. The third-order valence-corrected chi connectivity index (χ3v) is 3.28. The summed E-state index contributed by atoms with van der Waals surface area (Å²) in [6, 6.07) is 5.69. The molecule has 0 N–H and O–H groups in total. The van der Waals surface area contributed by atoms with Gasteiger partial charge in [0.2, 0.25) is 0 Å². The molecule has 0 heterocycles. The molecule has 0 aliphatic rings. The summed E-state index contributed by atoms with van der Waals surface area (Å²) < 4.78 is 4.57. The molecule has 1 rings (SSSR count). The van der Waals surface area contributed by atoms with E-state index in [4.69, 9.17) is 5.26 Å². The molecule has 0 amide bonds. The molecule has 0 aliphatic carbocycles. The summed E-state index contributed by atoms with van der Waals surface area (Å²) >= 11 is 7.57. The number of nitrogens with zero attached hydrogens (tertiary/aromatic N) is 1. The van der Waals surface area contributed by atoms with E-state index in [2.05, 4.69) is 39.4 Å². The molecule has 0 unspecified atom stereocenters. The fraction of sp³-hybridized carbons (Fsp3) is 0.273. The highest BCUT2D eigenvalue weighted by Gasteiger charge is 2.12. The Morgan fingerprint density at radius 2 is 2.19 bits per heavy atom. The molecule has 0 aromatic heterocycles. The van der Waals surface area contributed by atoms with Gasteiger partial charge < -0.3 is 4.74 Å². The minimum Gasteiger partial charge on any atom is -0.469 e. The number of thiol groups is 1. The number of ether oxygens (including phenoxy) is 1. The second-order valence-electron chi connectivity index (χ2n) is 3.11. The van der Waals surface area contributed by atoms with Crippen LogP contribution in [-0.2, 0) is 21.3 Å². The van der Waals surface area contributed by atoms with Gasteiger partial charge in [-0.15, -0.1) is 12.6 Å². The molecule has 0 spiro atoms. The molecule has 16 heavy (non-hydrogen) atoms. The fourth-order valence-electron chi connectivity index (χ4n) is 1.28. The standard InChI is InChI=1S/C11H10BrNO2S/c1-15-10(14)4-7-2-3-8(5-12)9(6-13)11(7)16/h2-3,16H,4-5H2,1H3. The van der Waals surface area contributed by atoms with Crippen LogP contribution in [0.4, 0.5) is 0 Å². The summed E-state index contributed by atoms with van der Waals surface area (Å²) in [6.45, 7) is 0. The normalized spacial score (nSPS) is 9.62. The molecular weight excluding hydrogens is 290 g/mol. The van der Waals surface area contributed by atoms with Crippen molar-refractivity contribution in [2.45, 2.75) is 16.6 Å². The minimum absolute atomic E-state index is 0.132. The van der Waals surface area contributed by atoms with Crippen LogP contribution in [-0.4, -0.2) is 13.1 Å². The summed E-state index contributed by atoms with van der Waals surface area (Å²) in [5.74, 6) is -0.342. The first-order valence-electron chi connectivity index (χ1n) is 4.50. The van der Waals surface area contributed by atoms with Crippen LogP contribution in [0.5, 0.6) is 0 Å². The Balaban J connectivity index is 3.15. The highest BCUT2D eigenvalue weighted by atomic mass is 79.9. The zero-order chi connectivity index (χ0) is 12.1. The van der Waals surface area contributed by atoms with Gasteiger partial charge in [-0.25, -0.2) is 0 Å². The topological polar surface area (TPSA) is 50.1 Å². The van der Waals surface area contributed by atoms with Crippen LogP contribution in [0.25, 0.3) is 0 Å². The van der Waals surface area contributed by atoms with Gasteiger partial charge in [-0.05, 0) is 11.1 Å². The van der Waals surface area contributed by atoms with Crippen LogP contribution in [0.3, 0.4) is 0 Å². The van der Waals surface area contributed by atoms with Gasteiger partial charge in [0, 0.05) is 10.2 Å². The number of esters is 1. The molecule has 0 aliphatic heterocycles. The number of hydrogen-bond donors (Lipinski definition) is 1. The zero-order valence-corrected chi connectivity index (χ0v) is 11.1. The average Bonchev–Trinajstić information content (AvgIpc) is 2.31. The van der Waals surface area contributed by atoms with Crippen molar-refractivity contribution in [2.75, 3.05) is 7.11 Å². The van der Waals surface area contributed by atoms with Gasteiger partial charge in [-0.2, -0.15) is 5.26 Å². The van der Waals surface area contributed by atoms with Gasteiger partial charge in [0.25, 0.3) is 0 Å². The van der Waals surface area contributed by atoms with E-state index >= 15 is 0 Å². The van der Waals surface area contributed by atoms with Gasteiger partial charge in [-0.3, -0.25) is 4.79 Å². The summed E-state index contributed by atoms with van der Waals surface area (Å²) in [7, 11) is 1.33. The van der Waals surface area contributed by atoms with Crippen molar-refractivity contribution in [2.24, 2.45) is 0 Å². The number of hydrogen-bond acceptors (Lipinski definition) is 4. The second-order valence-corrected chi connectivity index (χ2v) is 4.11. The third-order valence-electron chi connectivity index (χ3n) is 2.17. The Kier molecular flexibility index (Phi) is 4.84. The fourth-order valence-corrected chi connectivity index (χ4v) is 2.10. The number of halogens is 1. The van der Waals surface area contributed by atoms with E-state index < -0.39 is 0 Å². The van der Waals surface area contributed by atoms with E-state index in [9.17, 15) is 4.79 Å². The maximum Gasteiger partial charge on any atom is 0.310 e. The molecule has 1 aromatic carbocycles. The molecular formula is C11H10BrNO2S. The van der Waals surface area contributed by atoms with E-state index in [1.54, 1.807) is 6.07 Å². The molecule has 0 fully saturated rings. The Bertz CT molecular complexity index is 454. The lowest BCUT2D eigenvalue weighted by molar-refractivity contribution is -0.139. The number of benzene rings is 1. The van der Waals surface area contributed by atoms with E-state index in [-0.39, 0.29) is 12.4 Å². The first kappa shape index (κ1) is 13.1. The predicted octanol–water partition coefficient (Wildman–Crippen LogP) is 2.46. The predicted molar refractivity (Wildman–Crippen MR) is 66.8 cm³/mol. The molecule has 0 bridgehead atoms. The van der Waals surface area contributed by atoms with Gasteiger partial charge in [-0.1, -0.05) is 28.1 Å². The van der Waals surface area contributed by atoms with Crippen LogP contribution in [0.1, 0.15) is 16.7 Å². The van der Waals surface area contributed by atoms with Crippen LogP contribution in [0, 0.1) is 11.3 Å². The van der Waals surface area contributed by atoms with Crippen molar-refractivity contribution < 1.29 is 9.53 Å². The molecule has 5 heteroatoms. The number of carbonyl (C=O) groups excluding carboxylic acids is 1. The maximum absolute atomic E-state index is 11.1. The van der Waals surface area contributed by atoms with E-state index in [1.807, 2.05) is 6.07 Å². The monoisotopic (exact) mass is 299 g/mol. The smallest absolute Gasteiger partial charge is 0.310 e. The summed E-state index contributed by atoms with van der Waals surface area (Å²) in [6.07, 6.45) is 0.132. The van der Waals surface area contributed by atoms with Crippen molar-refractivity contribution in [3.05, 3.63) is 28.8 Å². The van der Waals surface area contributed by atoms with Crippen molar-refractivity contribution in [3.8, 4) is 6.07 Å². The van der Waals surface area contributed by atoms with Crippen LogP contribution >= 0.6 is 28.6 Å². The zero-order valence-electron chi connectivity index (χ0n) is 8.66. The number of carbonyl (C=O) groups is 1. The summed E-state index contributed by atoms with van der Waals surface area (Å²) in [4.78, 5) is 11.7. The number of alkyl halides is 1. The summed E-state index contributed by atoms with van der Waals surface area (Å²) in [5.41, 5.74) is 2.07. The first-order chi connectivity index (χ1) is 7.63. The van der Waals surface area contributed by atoms with Crippen LogP contribution in [0.15, 0.2) is 17.0 Å². The van der Waals surface area contributed by atoms with Crippen LogP contribution in [0.2, 0.25) is 0 Å². The van der Waals surface area contributed by atoms with E-state index in [0.717, 1.165) is 5.56 Å². The van der Waals surface area contributed by atoms with Gasteiger partial charge in [0.1, 0.15) is 6.07 Å². The highest BCUT2D eigenvalue weighted by molar-refractivity contribution is 9.08. The number of methoxy groups -OCH3 is 1. The van der Waals surface area contributed by atoms with Gasteiger partial charge >= 0.3 is 5.97 Å². The molecule has 0 saturated carbocycles. The molecule has 84 valence electrons. The van der Waals surface area contributed by atoms with Crippen molar-refractivity contribution in [1.82, 2.24) is 0 Å². The van der Waals surface area contributed by atoms with Gasteiger partial charge in [0.15, 0.2) is 0 Å². The molecule has 3 nitrogen and oxygen atoms in total. The van der Waals surface area contributed by atoms with Gasteiger partial charge in [0.05, 0.1) is 19.1 Å². The molecule has 1 aromatic rings. The van der Waals surface area contributed by atoms with E-state index in [0.29, 0.717) is 21.4 Å². The van der Waals surface area contributed by atoms with Crippen molar-refractivity contribution in [3.63, 3.8) is 0 Å².